The molecule has 1 aromatic rings. The van der Waals surface area contributed by atoms with Crippen molar-refractivity contribution in [3.8, 4) is 5.75 Å². The molecule has 1 rings (SSSR count). The number of nitrogens with one attached hydrogen (secondary N) is 2. The Morgan fingerprint density at radius 1 is 1.05 bits per heavy atom. The molecule has 2 amide bonds. The minimum absolute atomic E-state index is 0.0187. The predicted octanol–water partition coefficient (Wildman–Crippen LogP) is 2.12. The zero-order valence-corrected chi connectivity index (χ0v) is 13.4. The summed E-state index contributed by atoms with van der Waals surface area (Å²) in [7, 11) is 0. The van der Waals surface area contributed by atoms with E-state index in [0.717, 1.165) is 5.75 Å². The molecule has 0 aromatic heterocycles. The van der Waals surface area contributed by atoms with E-state index in [1.165, 1.54) is 0 Å². The number of benzene rings is 1. The average Bonchev–Trinajstić information content (AvgIpc) is 2.48. The minimum atomic E-state index is -0.0187. The van der Waals surface area contributed by atoms with Crippen molar-refractivity contribution in [3.63, 3.8) is 0 Å². The third-order valence-corrected chi connectivity index (χ3v) is 2.92. The molecule has 0 aliphatic carbocycles. The van der Waals surface area contributed by atoms with Gasteiger partial charge in [-0.2, -0.15) is 0 Å². The largest absolute Gasteiger partial charge is 0.494 e. The topological polar surface area (TPSA) is 67.4 Å². The predicted molar refractivity (Wildman–Crippen MR) is 86.6 cm³/mol. The van der Waals surface area contributed by atoms with E-state index in [1.807, 2.05) is 44.2 Å². The standard InChI is InChI=1S/C17H26N2O3/c1-14(2)13-17(21)19-11-10-18-16(20)9-6-12-22-15-7-4-3-5-8-15/h3-5,7-8,14H,6,9-13H2,1-2H3,(H,18,20)(H,19,21). The van der Waals surface area contributed by atoms with Gasteiger partial charge in [0.1, 0.15) is 5.75 Å². The van der Waals surface area contributed by atoms with Gasteiger partial charge in [-0.3, -0.25) is 9.59 Å². The Bertz CT molecular complexity index is 446. The van der Waals surface area contributed by atoms with Gasteiger partial charge in [-0.15, -0.1) is 0 Å². The second-order valence-corrected chi connectivity index (χ2v) is 5.56. The Labute approximate surface area is 132 Å². The molecule has 0 atom stereocenters. The van der Waals surface area contributed by atoms with Gasteiger partial charge in [0.05, 0.1) is 6.61 Å². The number of hydrogen-bond acceptors (Lipinski definition) is 3. The van der Waals surface area contributed by atoms with Crippen molar-refractivity contribution in [2.24, 2.45) is 5.92 Å². The van der Waals surface area contributed by atoms with E-state index in [2.05, 4.69) is 10.6 Å². The highest BCUT2D eigenvalue weighted by Crippen LogP contribution is 2.08. The molecule has 0 unspecified atom stereocenters. The maximum Gasteiger partial charge on any atom is 0.220 e. The summed E-state index contributed by atoms with van der Waals surface area (Å²) in [6.45, 7) is 5.44. The first-order valence-corrected chi connectivity index (χ1v) is 7.79. The summed E-state index contributed by atoms with van der Waals surface area (Å²) in [6.07, 6.45) is 1.61. The van der Waals surface area contributed by atoms with Gasteiger partial charge in [-0.25, -0.2) is 0 Å². The van der Waals surface area contributed by atoms with Gasteiger partial charge in [-0.1, -0.05) is 32.0 Å². The summed E-state index contributed by atoms with van der Waals surface area (Å²) in [5, 5.41) is 5.56. The van der Waals surface area contributed by atoms with Gasteiger partial charge in [0.15, 0.2) is 0 Å². The molecule has 5 nitrogen and oxygen atoms in total. The van der Waals surface area contributed by atoms with E-state index < -0.39 is 0 Å². The lowest BCUT2D eigenvalue weighted by Crippen LogP contribution is -2.35. The second kappa shape index (κ2) is 10.7. The number of amides is 2. The van der Waals surface area contributed by atoms with Crippen LogP contribution in [-0.2, 0) is 9.59 Å². The quantitative estimate of drug-likeness (QED) is 0.651. The van der Waals surface area contributed by atoms with Crippen molar-refractivity contribution in [2.75, 3.05) is 19.7 Å². The summed E-state index contributed by atoms with van der Waals surface area (Å²) in [5.41, 5.74) is 0. The molecule has 0 spiro atoms. The van der Waals surface area contributed by atoms with Crippen LogP contribution in [0.4, 0.5) is 0 Å². The highest BCUT2D eigenvalue weighted by molar-refractivity contribution is 5.77. The SMILES string of the molecule is CC(C)CC(=O)NCCNC(=O)CCCOc1ccccc1. The van der Waals surface area contributed by atoms with Crippen LogP contribution in [0.15, 0.2) is 30.3 Å². The van der Waals surface area contributed by atoms with Crippen LogP contribution >= 0.6 is 0 Å². The van der Waals surface area contributed by atoms with E-state index in [1.54, 1.807) is 0 Å². The molecule has 2 N–H and O–H groups in total. The molecule has 0 heterocycles. The molecule has 22 heavy (non-hydrogen) atoms. The highest BCUT2D eigenvalue weighted by Gasteiger charge is 2.04. The first kappa shape index (κ1) is 18.0. The van der Waals surface area contributed by atoms with E-state index >= 15 is 0 Å². The first-order chi connectivity index (χ1) is 10.6. The van der Waals surface area contributed by atoms with Crippen LogP contribution in [0.5, 0.6) is 5.75 Å². The number of carbonyl (C=O) groups excluding carboxylic acids is 2. The molecule has 0 aliphatic rings. The van der Waals surface area contributed by atoms with Crippen molar-refractivity contribution in [1.29, 1.82) is 0 Å². The number of ether oxygens (including phenoxy) is 1. The van der Waals surface area contributed by atoms with Gasteiger partial charge >= 0.3 is 0 Å². The van der Waals surface area contributed by atoms with Crippen LogP contribution in [0.1, 0.15) is 33.1 Å². The molecule has 122 valence electrons. The smallest absolute Gasteiger partial charge is 0.220 e. The van der Waals surface area contributed by atoms with E-state index in [4.69, 9.17) is 4.74 Å². The Kier molecular flexibility index (Phi) is 8.72. The molecular formula is C17H26N2O3. The molecule has 0 fully saturated rings. The van der Waals surface area contributed by atoms with Crippen LogP contribution in [0.2, 0.25) is 0 Å². The van der Waals surface area contributed by atoms with Gasteiger partial charge in [-0.05, 0) is 24.5 Å². The Balaban J connectivity index is 1.98. The van der Waals surface area contributed by atoms with Crippen LogP contribution in [0, 0.1) is 5.92 Å². The lowest BCUT2D eigenvalue weighted by atomic mass is 10.1. The molecule has 1 aromatic carbocycles. The van der Waals surface area contributed by atoms with E-state index in [-0.39, 0.29) is 11.8 Å². The van der Waals surface area contributed by atoms with Crippen LogP contribution < -0.4 is 15.4 Å². The third-order valence-electron chi connectivity index (χ3n) is 2.92. The summed E-state index contributed by atoms with van der Waals surface area (Å²) < 4.78 is 5.51. The fourth-order valence-corrected chi connectivity index (χ4v) is 1.87. The summed E-state index contributed by atoms with van der Waals surface area (Å²) in [4.78, 5) is 23.0. The van der Waals surface area contributed by atoms with Gasteiger partial charge in [0.25, 0.3) is 0 Å². The van der Waals surface area contributed by atoms with Crippen molar-refractivity contribution in [2.45, 2.75) is 33.1 Å². The number of carbonyl (C=O) groups is 2. The maximum absolute atomic E-state index is 11.6. The molecule has 0 bridgehead atoms. The van der Waals surface area contributed by atoms with E-state index in [9.17, 15) is 9.59 Å². The maximum atomic E-state index is 11.6. The van der Waals surface area contributed by atoms with Gasteiger partial charge < -0.3 is 15.4 Å². The van der Waals surface area contributed by atoms with Crippen LogP contribution in [-0.4, -0.2) is 31.5 Å². The number of para-hydroxylation sites is 1. The molecular weight excluding hydrogens is 280 g/mol. The molecule has 0 radical (unpaired) electrons. The molecule has 5 heteroatoms. The Morgan fingerprint density at radius 3 is 2.32 bits per heavy atom. The first-order valence-electron chi connectivity index (χ1n) is 7.79. The zero-order chi connectivity index (χ0) is 16.2. The zero-order valence-electron chi connectivity index (χ0n) is 13.4. The summed E-state index contributed by atoms with van der Waals surface area (Å²) in [6, 6.07) is 9.53. The van der Waals surface area contributed by atoms with Crippen LogP contribution in [0.3, 0.4) is 0 Å². The Hall–Kier alpha value is -2.04. The lowest BCUT2D eigenvalue weighted by Gasteiger charge is -2.09. The summed E-state index contributed by atoms with van der Waals surface area (Å²) >= 11 is 0. The van der Waals surface area contributed by atoms with Crippen molar-refractivity contribution >= 4 is 11.8 Å². The second-order valence-electron chi connectivity index (χ2n) is 5.56. The number of rotatable bonds is 10. The Morgan fingerprint density at radius 2 is 1.68 bits per heavy atom. The van der Waals surface area contributed by atoms with Crippen molar-refractivity contribution in [3.05, 3.63) is 30.3 Å². The van der Waals surface area contributed by atoms with E-state index in [0.29, 0.717) is 44.9 Å². The fourth-order valence-electron chi connectivity index (χ4n) is 1.87. The minimum Gasteiger partial charge on any atom is -0.494 e. The molecule has 0 saturated heterocycles. The lowest BCUT2D eigenvalue weighted by molar-refractivity contribution is -0.123. The monoisotopic (exact) mass is 306 g/mol. The number of hydrogen-bond donors (Lipinski definition) is 2. The van der Waals surface area contributed by atoms with Crippen molar-refractivity contribution in [1.82, 2.24) is 10.6 Å². The third kappa shape index (κ3) is 9.00. The average molecular weight is 306 g/mol. The van der Waals surface area contributed by atoms with Crippen LogP contribution in [0.25, 0.3) is 0 Å². The molecule has 0 saturated carbocycles. The molecule has 0 aliphatic heterocycles. The fraction of sp³-hybridized carbons (Fsp3) is 0.529. The van der Waals surface area contributed by atoms with Crippen molar-refractivity contribution < 1.29 is 14.3 Å². The van der Waals surface area contributed by atoms with Gasteiger partial charge in [0, 0.05) is 25.9 Å². The highest BCUT2D eigenvalue weighted by atomic mass is 16.5. The summed E-state index contributed by atoms with van der Waals surface area (Å²) in [5.74, 6) is 1.17. The normalized spacial score (nSPS) is 10.3. The van der Waals surface area contributed by atoms with Gasteiger partial charge in [0.2, 0.25) is 11.8 Å².